The van der Waals surface area contributed by atoms with E-state index in [1.54, 1.807) is 17.0 Å². The number of furan rings is 1. The van der Waals surface area contributed by atoms with Gasteiger partial charge in [0.05, 0.1) is 0 Å². The van der Waals surface area contributed by atoms with Gasteiger partial charge in [0.2, 0.25) is 5.91 Å². The highest BCUT2D eigenvalue weighted by Crippen LogP contribution is 2.26. The number of rotatable bonds is 2. The fourth-order valence-electron chi connectivity index (χ4n) is 3.32. The van der Waals surface area contributed by atoms with E-state index in [1.807, 2.05) is 4.90 Å². The minimum absolute atomic E-state index is 0.156. The first kappa shape index (κ1) is 15.4. The van der Waals surface area contributed by atoms with E-state index in [-0.39, 0.29) is 28.7 Å². The number of carbonyl (C=O) groups excluding carboxylic acids is 2. The maximum absolute atomic E-state index is 12.5. The van der Waals surface area contributed by atoms with Crippen LogP contribution in [0, 0.1) is 5.92 Å². The number of carbonyl (C=O) groups is 2. The third-order valence-corrected chi connectivity index (χ3v) is 4.82. The van der Waals surface area contributed by atoms with Crippen LogP contribution in [0.25, 0.3) is 0 Å². The molecule has 2 fully saturated rings. The highest BCUT2D eigenvalue weighted by atomic mass is 35.5. The van der Waals surface area contributed by atoms with Crippen LogP contribution < -0.4 is 0 Å². The fraction of sp³-hybridized carbons (Fsp3) is 0.625. The number of hydrogen-bond donors (Lipinski definition) is 0. The summed E-state index contributed by atoms with van der Waals surface area (Å²) in [5, 5.41) is 0.217. The Balaban J connectivity index is 1.53. The van der Waals surface area contributed by atoms with Crippen molar-refractivity contribution >= 4 is 23.4 Å². The lowest BCUT2D eigenvalue weighted by atomic mass is 9.88. The van der Waals surface area contributed by atoms with Gasteiger partial charge in [-0.3, -0.25) is 9.59 Å². The van der Waals surface area contributed by atoms with Gasteiger partial charge in [-0.25, -0.2) is 0 Å². The van der Waals surface area contributed by atoms with Crippen molar-refractivity contribution in [1.82, 2.24) is 9.80 Å². The van der Waals surface area contributed by atoms with Gasteiger partial charge < -0.3 is 14.2 Å². The Morgan fingerprint density at radius 3 is 2.23 bits per heavy atom. The lowest BCUT2D eigenvalue weighted by Crippen LogP contribution is -2.52. The van der Waals surface area contributed by atoms with Gasteiger partial charge in [-0.15, -0.1) is 0 Å². The molecule has 5 nitrogen and oxygen atoms in total. The molecular formula is C16H21ClN2O3. The maximum atomic E-state index is 12.5. The summed E-state index contributed by atoms with van der Waals surface area (Å²) in [5.74, 6) is 0.571. The van der Waals surface area contributed by atoms with E-state index in [0.29, 0.717) is 26.2 Å². The molecule has 0 unspecified atom stereocenters. The summed E-state index contributed by atoms with van der Waals surface area (Å²) in [6.45, 7) is 2.32. The van der Waals surface area contributed by atoms with E-state index >= 15 is 0 Å². The molecule has 0 spiro atoms. The number of amides is 2. The molecule has 120 valence electrons. The SMILES string of the molecule is O=C(c1ccc(Cl)o1)N1CCN(C(=O)C2CCCCC2)CC1. The van der Waals surface area contributed by atoms with Crippen LogP contribution in [-0.4, -0.2) is 47.8 Å². The van der Waals surface area contributed by atoms with Gasteiger partial charge in [0, 0.05) is 32.1 Å². The standard InChI is InChI=1S/C16H21ClN2O3/c17-14-7-6-13(22-14)16(21)19-10-8-18(9-11-19)15(20)12-4-2-1-3-5-12/h6-7,12H,1-5,8-11H2. The zero-order valence-corrected chi connectivity index (χ0v) is 13.3. The highest BCUT2D eigenvalue weighted by Gasteiger charge is 2.30. The summed E-state index contributed by atoms with van der Waals surface area (Å²) in [4.78, 5) is 28.4. The van der Waals surface area contributed by atoms with Gasteiger partial charge in [-0.2, -0.15) is 0 Å². The minimum atomic E-state index is -0.156. The Labute approximate surface area is 135 Å². The van der Waals surface area contributed by atoms with Crippen LogP contribution in [-0.2, 0) is 4.79 Å². The average Bonchev–Trinajstić information content (AvgIpc) is 3.01. The molecule has 0 N–H and O–H groups in total. The molecule has 1 saturated carbocycles. The molecule has 0 bridgehead atoms. The van der Waals surface area contributed by atoms with Crippen molar-refractivity contribution < 1.29 is 14.0 Å². The molecule has 1 saturated heterocycles. The molecule has 1 aliphatic carbocycles. The lowest BCUT2D eigenvalue weighted by molar-refractivity contribution is -0.138. The zero-order valence-electron chi connectivity index (χ0n) is 12.6. The Morgan fingerprint density at radius 1 is 1.00 bits per heavy atom. The van der Waals surface area contributed by atoms with Gasteiger partial charge in [0.1, 0.15) is 0 Å². The predicted molar refractivity (Wildman–Crippen MR) is 82.8 cm³/mol. The van der Waals surface area contributed by atoms with Gasteiger partial charge in [0.25, 0.3) is 5.91 Å². The summed E-state index contributed by atoms with van der Waals surface area (Å²) in [5.41, 5.74) is 0. The summed E-state index contributed by atoms with van der Waals surface area (Å²) in [7, 11) is 0. The van der Waals surface area contributed by atoms with Crippen LogP contribution in [0.4, 0.5) is 0 Å². The van der Waals surface area contributed by atoms with Crippen LogP contribution >= 0.6 is 11.6 Å². The Kier molecular flexibility index (Phi) is 4.71. The van der Waals surface area contributed by atoms with Crippen LogP contribution in [0.1, 0.15) is 42.7 Å². The van der Waals surface area contributed by atoms with Gasteiger partial charge in [-0.05, 0) is 36.6 Å². The van der Waals surface area contributed by atoms with Crippen molar-refractivity contribution in [2.75, 3.05) is 26.2 Å². The maximum Gasteiger partial charge on any atom is 0.289 e. The number of halogens is 1. The normalized spacial score (nSPS) is 20.2. The van der Waals surface area contributed by atoms with Crippen LogP contribution in [0.3, 0.4) is 0 Å². The number of piperazine rings is 1. The summed E-state index contributed by atoms with van der Waals surface area (Å²) in [6, 6.07) is 3.15. The second-order valence-corrected chi connectivity index (χ2v) is 6.43. The number of nitrogens with zero attached hydrogens (tertiary/aromatic N) is 2. The van der Waals surface area contributed by atoms with Crippen LogP contribution in [0.2, 0.25) is 5.22 Å². The lowest BCUT2D eigenvalue weighted by Gasteiger charge is -2.36. The molecule has 6 heteroatoms. The van der Waals surface area contributed by atoms with Crippen molar-refractivity contribution in [3.63, 3.8) is 0 Å². The zero-order chi connectivity index (χ0) is 15.5. The topological polar surface area (TPSA) is 53.8 Å². The Morgan fingerprint density at radius 2 is 1.64 bits per heavy atom. The molecule has 1 aromatic heterocycles. The predicted octanol–water partition coefficient (Wildman–Crippen LogP) is 2.80. The molecular weight excluding hydrogens is 304 g/mol. The first-order valence-electron chi connectivity index (χ1n) is 7.98. The van der Waals surface area contributed by atoms with E-state index in [4.69, 9.17) is 16.0 Å². The molecule has 0 atom stereocenters. The molecule has 2 amide bonds. The summed E-state index contributed by atoms with van der Waals surface area (Å²) < 4.78 is 5.16. The van der Waals surface area contributed by atoms with Crippen molar-refractivity contribution in [3.8, 4) is 0 Å². The van der Waals surface area contributed by atoms with Gasteiger partial charge >= 0.3 is 0 Å². The van der Waals surface area contributed by atoms with Crippen LogP contribution in [0.15, 0.2) is 16.5 Å². The molecule has 1 aromatic rings. The molecule has 0 radical (unpaired) electrons. The second-order valence-electron chi connectivity index (χ2n) is 6.06. The third-order valence-electron chi connectivity index (χ3n) is 4.62. The fourth-order valence-corrected chi connectivity index (χ4v) is 3.47. The second kappa shape index (κ2) is 6.73. The quantitative estimate of drug-likeness (QED) is 0.840. The van der Waals surface area contributed by atoms with E-state index < -0.39 is 0 Å². The first-order chi connectivity index (χ1) is 10.6. The largest absolute Gasteiger partial charge is 0.440 e. The van der Waals surface area contributed by atoms with Crippen molar-refractivity contribution in [3.05, 3.63) is 23.1 Å². The molecule has 3 rings (SSSR count). The van der Waals surface area contributed by atoms with Gasteiger partial charge in [0.15, 0.2) is 11.0 Å². The molecule has 0 aromatic carbocycles. The molecule has 2 heterocycles. The minimum Gasteiger partial charge on any atom is -0.440 e. The average molecular weight is 325 g/mol. The Hall–Kier alpha value is -1.49. The van der Waals surface area contributed by atoms with Crippen molar-refractivity contribution in [2.24, 2.45) is 5.92 Å². The van der Waals surface area contributed by atoms with Crippen molar-refractivity contribution in [2.45, 2.75) is 32.1 Å². The number of hydrogen-bond acceptors (Lipinski definition) is 3. The van der Waals surface area contributed by atoms with E-state index in [9.17, 15) is 9.59 Å². The highest BCUT2D eigenvalue weighted by molar-refractivity contribution is 6.29. The smallest absolute Gasteiger partial charge is 0.289 e. The Bertz CT molecular complexity index is 543. The molecule has 2 aliphatic rings. The first-order valence-corrected chi connectivity index (χ1v) is 8.36. The monoisotopic (exact) mass is 324 g/mol. The molecule has 22 heavy (non-hydrogen) atoms. The van der Waals surface area contributed by atoms with Crippen molar-refractivity contribution in [1.29, 1.82) is 0 Å². The third kappa shape index (κ3) is 3.29. The molecule has 1 aliphatic heterocycles. The van der Waals surface area contributed by atoms with E-state index in [1.165, 1.54) is 6.42 Å². The van der Waals surface area contributed by atoms with E-state index in [0.717, 1.165) is 25.7 Å². The summed E-state index contributed by atoms with van der Waals surface area (Å²) in [6.07, 6.45) is 5.60. The van der Waals surface area contributed by atoms with Gasteiger partial charge in [-0.1, -0.05) is 19.3 Å². The van der Waals surface area contributed by atoms with Crippen LogP contribution in [0.5, 0.6) is 0 Å². The van der Waals surface area contributed by atoms with E-state index in [2.05, 4.69) is 0 Å². The summed E-state index contributed by atoms with van der Waals surface area (Å²) >= 11 is 5.70.